The Kier molecular flexibility index (Phi) is 4.34. The minimum atomic E-state index is -0.785. The predicted molar refractivity (Wildman–Crippen MR) is 67.9 cm³/mol. The highest BCUT2D eigenvalue weighted by molar-refractivity contribution is 5.85. The van der Waals surface area contributed by atoms with Crippen molar-refractivity contribution < 1.29 is 4.39 Å². The maximum absolute atomic E-state index is 14.0. The van der Waals surface area contributed by atoms with Crippen LogP contribution in [-0.4, -0.2) is 12.7 Å². The van der Waals surface area contributed by atoms with Gasteiger partial charge in [0.05, 0.1) is 5.54 Å². The van der Waals surface area contributed by atoms with Crippen molar-refractivity contribution in [3.8, 4) is 0 Å². The summed E-state index contributed by atoms with van der Waals surface area (Å²) in [6, 6.07) is 8.05. The molecule has 0 amide bonds. The van der Waals surface area contributed by atoms with Crippen molar-refractivity contribution in [2.75, 3.05) is 6.54 Å². The fourth-order valence-corrected chi connectivity index (χ4v) is 2.45. The lowest BCUT2D eigenvalue weighted by Crippen LogP contribution is -2.51. The van der Waals surface area contributed by atoms with Crippen molar-refractivity contribution in [1.82, 2.24) is 5.32 Å². The van der Waals surface area contributed by atoms with E-state index in [1.54, 1.807) is 0 Å². The molecular weight excluding hydrogens is 225 g/mol. The summed E-state index contributed by atoms with van der Waals surface area (Å²) in [6.45, 7) is 4.92. The molecule has 1 aliphatic rings. The minimum Gasteiger partial charge on any atom is -0.305 e. The van der Waals surface area contributed by atoms with E-state index in [9.17, 15) is 4.39 Å². The highest BCUT2D eigenvalue weighted by Gasteiger charge is 2.38. The fraction of sp³-hybridized carbons (Fsp3) is 0.538. The summed E-state index contributed by atoms with van der Waals surface area (Å²) in [7, 11) is 0. The van der Waals surface area contributed by atoms with Gasteiger partial charge in [-0.1, -0.05) is 24.3 Å². The highest BCUT2D eigenvalue weighted by atomic mass is 35.5. The first-order valence-corrected chi connectivity index (χ1v) is 5.60. The van der Waals surface area contributed by atoms with E-state index in [1.165, 1.54) is 0 Å². The number of nitrogens with one attached hydrogen (secondary N) is 1. The van der Waals surface area contributed by atoms with Crippen LogP contribution in [0.5, 0.6) is 0 Å². The monoisotopic (exact) mass is 243 g/mol. The molecule has 16 heavy (non-hydrogen) atoms. The summed E-state index contributed by atoms with van der Waals surface area (Å²) in [5.41, 5.74) is 1.76. The van der Waals surface area contributed by atoms with Gasteiger partial charge in [-0.05, 0) is 44.4 Å². The minimum absolute atomic E-state index is 0. The van der Waals surface area contributed by atoms with Gasteiger partial charge in [-0.15, -0.1) is 12.4 Å². The van der Waals surface area contributed by atoms with E-state index >= 15 is 0 Å². The van der Waals surface area contributed by atoms with Gasteiger partial charge in [-0.25, -0.2) is 4.39 Å². The number of rotatable bonds is 1. The predicted octanol–water partition coefficient (Wildman–Crippen LogP) is 3.35. The molecule has 0 aromatic heterocycles. The van der Waals surface area contributed by atoms with Gasteiger partial charge in [-0.3, -0.25) is 0 Å². The summed E-state index contributed by atoms with van der Waals surface area (Å²) >= 11 is 0. The van der Waals surface area contributed by atoms with Crippen molar-refractivity contribution in [2.24, 2.45) is 0 Å². The molecule has 0 saturated carbocycles. The zero-order chi connectivity index (χ0) is 10.9. The number of halogens is 2. The first kappa shape index (κ1) is 13.5. The maximum Gasteiger partial charge on any atom is 0.122 e. The Morgan fingerprint density at radius 1 is 1.38 bits per heavy atom. The van der Waals surface area contributed by atoms with Gasteiger partial charge < -0.3 is 5.32 Å². The number of alkyl halides is 1. The van der Waals surface area contributed by atoms with Gasteiger partial charge in [0.15, 0.2) is 0 Å². The van der Waals surface area contributed by atoms with Crippen LogP contribution in [0.25, 0.3) is 0 Å². The average molecular weight is 244 g/mol. The first-order chi connectivity index (χ1) is 7.14. The Labute approximate surface area is 103 Å². The van der Waals surface area contributed by atoms with Gasteiger partial charge in [0.1, 0.15) is 6.17 Å². The molecular formula is C13H19ClFN. The molecule has 0 bridgehead atoms. The van der Waals surface area contributed by atoms with Crippen molar-refractivity contribution in [2.45, 2.75) is 38.4 Å². The second kappa shape index (κ2) is 5.15. The van der Waals surface area contributed by atoms with Gasteiger partial charge in [0, 0.05) is 0 Å². The normalized spacial score (nSPS) is 29.6. The standard InChI is InChI=1S/C13H18FN.ClH/c1-10-6-3-4-7-11(10)13(2)12(14)8-5-9-15-13;/h3-4,6-7,12,15H,5,8-9H2,1-2H3;1H. The smallest absolute Gasteiger partial charge is 0.122 e. The molecule has 2 rings (SSSR count). The quantitative estimate of drug-likeness (QED) is 0.798. The summed E-state index contributed by atoms with van der Waals surface area (Å²) in [4.78, 5) is 0. The molecule has 1 nitrogen and oxygen atoms in total. The van der Waals surface area contributed by atoms with Gasteiger partial charge in [0.25, 0.3) is 0 Å². The second-order valence-corrected chi connectivity index (χ2v) is 4.55. The third-order valence-electron chi connectivity index (χ3n) is 3.46. The Bertz CT molecular complexity index is 356. The summed E-state index contributed by atoms with van der Waals surface area (Å²) in [5.74, 6) is 0. The molecule has 2 atom stereocenters. The van der Waals surface area contributed by atoms with Gasteiger partial charge >= 0.3 is 0 Å². The van der Waals surface area contributed by atoms with Crippen LogP contribution in [0.1, 0.15) is 30.9 Å². The molecule has 1 aliphatic heterocycles. The lowest BCUT2D eigenvalue weighted by atomic mass is 9.80. The summed E-state index contributed by atoms with van der Waals surface area (Å²) < 4.78 is 14.0. The number of piperidine rings is 1. The average Bonchev–Trinajstić information content (AvgIpc) is 2.23. The van der Waals surface area contributed by atoms with Crippen LogP contribution in [-0.2, 0) is 5.54 Å². The van der Waals surface area contributed by atoms with Crippen LogP contribution < -0.4 is 5.32 Å². The molecule has 90 valence electrons. The Morgan fingerprint density at radius 2 is 2.06 bits per heavy atom. The van der Waals surface area contributed by atoms with E-state index in [1.807, 2.05) is 38.1 Å². The van der Waals surface area contributed by atoms with Crippen molar-refractivity contribution >= 4 is 12.4 Å². The van der Waals surface area contributed by atoms with E-state index in [-0.39, 0.29) is 12.4 Å². The molecule has 0 aliphatic carbocycles. The second-order valence-electron chi connectivity index (χ2n) is 4.55. The maximum atomic E-state index is 14.0. The van der Waals surface area contributed by atoms with Crippen LogP contribution in [0.4, 0.5) is 4.39 Å². The van der Waals surface area contributed by atoms with Crippen molar-refractivity contribution in [1.29, 1.82) is 0 Å². The van der Waals surface area contributed by atoms with E-state index in [2.05, 4.69) is 5.32 Å². The van der Waals surface area contributed by atoms with Crippen molar-refractivity contribution in [3.05, 3.63) is 35.4 Å². The summed E-state index contributed by atoms with van der Waals surface area (Å²) in [5, 5.41) is 3.33. The number of benzene rings is 1. The molecule has 3 heteroatoms. The van der Waals surface area contributed by atoms with Crippen LogP contribution in [0.2, 0.25) is 0 Å². The first-order valence-electron chi connectivity index (χ1n) is 5.60. The van der Waals surface area contributed by atoms with E-state index in [0.717, 1.165) is 24.1 Å². The SMILES string of the molecule is Cc1ccccc1C1(C)NCCCC1F.Cl. The molecule has 1 aromatic carbocycles. The number of aryl methyl sites for hydroxylation is 1. The van der Waals surface area contributed by atoms with Gasteiger partial charge in [0.2, 0.25) is 0 Å². The van der Waals surface area contributed by atoms with Gasteiger partial charge in [-0.2, -0.15) is 0 Å². The molecule has 0 radical (unpaired) electrons. The van der Waals surface area contributed by atoms with E-state index in [0.29, 0.717) is 6.42 Å². The van der Waals surface area contributed by atoms with Crippen LogP contribution in [0.3, 0.4) is 0 Å². The molecule has 1 saturated heterocycles. The zero-order valence-corrected chi connectivity index (χ0v) is 10.6. The largest absolute Gasteiger partial charge is 0.305 e. The van der Waals surface area contributed by atoms with Crippen molar-refractivity contribution in [3.63, 3.8) is 0 Å². The Balaban J connectivity index is 0.00000128. The molecule has 1 heterocycles. The molecule has 1 fully saturated rings. The third kappa shape index (κ3) is 2.23. The number of hydrogen-bond donors (Lipinski definition) is 1. The third-order valence-corrected chi connectivity index (χ3v) is 3.46. The fourth-order valence-electron chi connectivity index (χ4n) is 2.45. The lowest BCUT2D eigenvalue weighted by Gasteiger charge is -2.39. The highest BCUT2D eigenvalue weighted by Crippen LogP contribution is 2.34. The molecule has 2 unspecified atom stereocenters. The van der Waals surface area contributed by atoms with Crippen LogP contribution >= 0.6 is 12.4 Å². The molecule has 1 aromatic rings. The lowest BCUT2D eigenvalue weighted by molar-refractivity contribution is 0.120. The Morgan fingerprint density at radius 3 is 2.69 bits per heavy atom. The number of hydrogen-bond acceptors (Lipinski definition) is 1. The molecule has 0 spiro atoms. The van der Waals surface area contributed by atoms with Crippen LogP contribution in [0, 0.1) is 6.92 Å². The Hall–Kier alpha value is -0.600. The van der Waals surface area contributed by atoms with E-state index in [4.69, 9.17) is 0 Å². The zero-order valence-electron chi connectivity index (χ0n) is 9.79. The van der Waals surface area contributed by atoms with Crippen LogP contribution in [0.15, 0.2) is 24.3 Å². The topological polar surface area (TPSA) is 12.0 Å². The van der Waals surface area contributed by atoms with E-state index < -0.39 is 11.7 Å². The summed E-state index contributed by atoms with van der Waals surface area (Å²) in [6.07, 6.45) is 0.813. The molecule has 1 N–H and O–H groups in total.